The standard InChI is InChI=1S/C12H18FN3O/c1-12(2,16(3)4)8-15-11(17)9-6-5-7-14-10(9)13/h5-7H,8H2,1-4H3,(H,15,17). The summed E-state index contributed by atoms with van der Waals surface area (Å²) in [4.78, 5) is 17.2. The van der Waals surface area contributed by atoms with E-state index in [1.807, 2.05) is 32.8 Å². The zero-order valence-electron chi connectivity index (χ0n) is 10.6. The Morgan fingerprint density at radius 1 is 1.53 bits per heavy atom. The van der Waals surface area contributed by atoms with E-state index < -0.39 is 11.9 Å². The summed E-state index contributed by atoms with van der Waals surface area (Å²) in [5.74, 6) is -1.18. The Bertz CT molecular complexity index is 404. The van der Waals surface area contributed by atoms with E-state index in [4.69, 9.17) is 0 Å². The number of carbonyl (C=O) groups excluding carboxylic acids is 1. The second kappa shape index (κ2) is 5.23. The first-order valence-electron chi connectivity index (χ1n) is 5.41. The number of hydrogen-bond donors (Lipinski definition) is 1. The van der Waals surface area contributed by atoms with Crippen molar-refractivity contribution in [2.45, 2.75) is 19.4 Å². The fourth-order valence-electron chi connectivity index (χ4n) is 1.11. The first-order valence-corrected chi connectivity index (χ1v) is 5.41. The van der Waals surface area contributed by atoms with Crippen LogP contribution in [0.1, 0.15) is 24.2 Å². The van der Waals surface area contributed by atoms with Gasteiger partial charge >= 0.3 is 0 Å². The first-order chi connectivity index (χ1) is 7.84. The molecule has 5 heteroatoms. The van der Waals surface area contributed by atoms with Crippen molar-refractivity contribution in [2.24, 2.45) is 0 Å². The van der Waals surface area contributed by atoms with Gasteiger partial charge in [0.25, 0.3) is 5.91 Å². The van der Waals surface area contributed by atoms with Gasteiger partial charge in [0.15, 0.2) is 0 Å². The number of amides is 1. The molecule has 0 fully saturated rings. The molecule has 17 heavy (non-hydrogen) atoms. The van der Waals surface area contributed by atoms with Gasteiger partial charge < -0.3 is 10.2 Å². The summed E-state index contributed by atoms with van der Waals surface area (Å²) < 4.78 is 13.2. The number of halogens is 1. The average molecular weight is 239 g/mol. The van der Waals surface area contributed by atoms with Crippen molar-refractivity contribution >= 4 is 5.91 Å². The largest absolute Gasteiger partial charge is 0.350 e. The molecular weight excluding hydrogens is 221 g/mol. The average Bonchev–Trinajstić information content (AvgIpc) is 2.26. The number of nitrogens with one attached hydrogen (secondary N) is 1. The van der Waals surface area contributed by atoms with Crippen molar-refractivity contribution in [1.82, 2.24) is 15.2 Å². The van der Waals surface area contributed by atoms with Crippen molar-refractivity contribution in [1.29, 1.82) is 0 Å². The van der Waals surface area contributed by atoms with Crippen LogP contribution < -0.4 is 5.32 Å². The SMILES string of the molecule is CN(C)C(C)(C)CNC(=O)c1cccnc1F. The Morgan fingerprint density at radius 2 is 2.18 bits per heavy atom. The Hall–Kier alpha value is -1.49. The van der Waals surface area contributed by atoms with Crippen LogP contribution in [-0.4, -0.2) is 42.0 Å². The maximum absolute atomic E-state index is 13.2. The van der Waals surface area contributed by atoms with E-state index in [-0.39, 0.29) is 11.1 Å². The summed E-state index contributed by atoms with van der Waals surface area (Å²) in [6.45, 7) is 4.42. The minimum atomic E-state index is -0.743. The van der Waals surface area contributed by atoms with Crippen LogP contribution in [0.2, 0.25) is 0 Å². The predicted octanol–water partition coefficient (Wildman–Crippen LogP) is 1.29. The highest BCUT2D eigenvalue weighted by Gasteiger charge is 2.22. The molecule has 1 rings (SSSR count). The van der Waals surface area contributed by atoms with Gasteiger partial charge in [0.2, 0.25) is 5.95 Å². The van der Waals surface area contributed by atoms with E-state index in [1.165, 1.54) is 18.3 Å². The number of likely N-dealkylation sites (N-methyl/N-ethyl adjacent to an activating group) is 1. The second-order valence-electron chi connectivity index (χ2n) is 4.73. The predicted molar refractivity (Wildman–Crippen MR) is 64.3 cm³/mol. The van der Waals surface area contributed by atoms with Crippen molar-refractivity contribution < 1.29 is 9.18 Å². The molecule has 0 saturated heterocycles. The Balaban J connectivity index is 2.66. The molecule has 0 atom stereocenters. The summed E-state index contributed by atoms with van der Waals surface area (Å²) in [6, 6.07) is 2.95. The molecular formula is C12H18FN3O. The molecule has 0 spiro atoms. The highest BCUT2D eigenvalue weighted by Crippen LogP contribution is 2.09. The zero-order chi connectivity index (χ0) is 13.1. The lowest BCUT2D eigenvalue weighted by Gasteiger charge is -2.32. The van der Waals surface area contributed by atoms with E-state index in [0.717, 1.165) is 0 Å². The van der Waals surface area contributed by atoms with Gasteiger partial charge in [-0.15, -0.1) is 0 Å². The van der Waals surface area contributed by atoms with Gasteiger partial charge in [0.1, 0.15) is 0 Å². The maximum Gasteiger partial charge on any atom is 0.255 e. The number of rotatable bonds is 4. The minimum absolute atomic E-state index is 0.0259. The van der Waals surface area contributed by atoms with Crippen LogP contribution in [0.3, 0.4) is 0 Å². The molecule has 94 valence electrons. The van der Waals surface area contributed by atoms with Crippen molar-refractivity contribution in [2.75, 3.05) is 20.6 Å². The summed E-state index contributed by atoms with van der Waals surface area (Å²) in [5, 5.41) is 2.70. The van der Waals surface area contributed by atoms with Crippen molar-refractivity contribution in [3.8, 4) is 0 Å². The van der Waals surface area contributed by atoms with Gasteiger partial charge in [-0.2, -0.15) is 4.39 Å². The summed E-state index contributed by atoms with van der Waals surface area (Å²) in [5.41, 5.74) is -0.212. The monoisotopic (exact) mass is 239 g/mol. The normalized spacial score (nSPS) is 11.6. The highest BCUT2D eigenvalue weighted by molar-refractivity contribution is 5.94. The lowest BCUT2D eigenvalue weighted by atomic mass is 10.0. The third-order valence-electron chi connectivity index (χ3n) is 2.90. The van der Waals surface area contributed by atoms with Gasteiger partial charge in [-0.3, -0.25) is 4.79 Å². The quantitative estimate of drug-likeness (QED) is 0.805. The third-order valence-corrected chi connectivity index (χ3v) is 2.90. The van der Waals surface area contributed by atoms with E-state index in [0.29, 0.717) is 6.54 Å². The van der Waals surface area contributed by atoms with E-state index in [2.05, 4.69) is 10.3 Å². The number of carbonyl (C=O) groups is 1. The van der Waals surface area contributed by atoms with Gasteiger partial charge in [0, 0.05) is 18.3 Å². The summed E-state index contributed by atoms with van der Waals surface area (Å²) >= 11 is 0. The van der Waals surface area contributed by atoms with Crippen LogP contribution in [-0.2, 0) is 0 Å². The number of aromatic nitrogens is 1. The first kappa shape index (κ1) is 13.6. The smallest absolute Gasteiger partial charge is 0.255 e. The molecule has 0 unspecified atom stereocenters. The molecule has 1 aromatic rings. The van der Waals surface area contributed by atoms with Crippen LogP contribution in [0.4, 0.5) is 4.39 Å². The zero-order valence-corrected chi connectivity index (χ0v) is 10.6. The van der Waals surface area contributed by atoms with Crippen molar-refractivity contribution in [3.63, 3.8) is 0 Å². The number of nitrogens with zero attached hydrogens (tertiary/aromatic N) is 2. The Morgan fingerprint density at radius 3 is 2.71 bits per heavy atom. The molecule has 0 radical (unpaired) electrons. The van der Waals surface area contributed by atoms with Gasteiger partial charge in [-0.25, -0.2) is 4.98 Å². The summed E-state index contributed by atoms with van der Waals surface area (Å²) in [6.07, 6.45) is 1.32. The van der Waals surface area contributed by atoms with Gasteiger partial charge in [0.05, 0.1) is 5.56 Å². The second-order valence-corrected chi connectivity index (χ2v) is 4.73. The minimum Gasteiger partial charge on any atom is -0.350 e. The molecule has 4 nitrogen and oxygen atoms in total. The Labute approximate surface area is 101 Å². The van der Waals surface area contributed by atoms with Crippen LogP contribution in [0.25, 0.3) is 0 Å². The fraction of sp³-hybridized carbons (Fsp3) is 0.500. The van der Waals surface area contributed by atoms with E-state index in [1.54, 1.807) is 0 Å². The lowest BCUT2D eigenvalue weighted by Crippen LogP contribution is -2.48. The van der Waals surface area contributed by atoms with E-state index in [9.17, 15) is 9.18 Å². The number of hydrogen-bond acceptors (Lipinski definition) is 3. The van der Waals surface area contributed by atoms with Gasteiger partial charge in [-0.05, 0) is 40.1 Å². The molecule has 1 amide bonds. The van der Waals surface area contributed by atoms with Crippen LogP contribution in [0, 0.1) is 5.95 Å². The third kappa shape index (κ3) is 3.49. The molecule has 0 aliphatic rings. The molecule has 1 N–H and O–H groups in total. The van der Waals surface area contributed by atoms with Crippen molar-refractivity contribution in [3.05, 3.63) is 29.8 Å². The van der Waals surface area contributed by atoms with E-state index >= 15 is 0 Å². The van der Waals surface area contributed by atoms with Gasteiger partial charge in [-0.1, -0.05) is 0 Å². The molecule has 0 aliphatic heterocycles. The molecule has 0 bridgehead atoms. The molecule has 0 aromatic carbocycles. The number of pyridine rings is 1. The topological polar surface area (TPSA) is 45.2 Å². The fourth-order valence-corrected chi connectivity index (χ4v) is 1.11. The Kier molecular flexibility index (Phi) is 4.17. The molecule has 1 aromatic heterocycles. The van der Waals surface area contributed by atoms with Crippen LogP contribution >= 0.6 is 0 Å². The lowest BCUT2D eigenvalue weighted by molar-refractivity contribution is 0.0914. The highest BCUT2D eigenvalue weighted by atomic mass is 19.1. The molecule has 0 aliphatic carbocycles. The summed E-state index contributed by atoms with van der Waals surface area (Å²) in [7, 11) is 3.85. The molecule has 1 heterocycles. The maximum atomic E-state index is 13.2. The van der Waals surface area contributed by atoms with Crippen LogP contribution in [0.15, 0.2) is 18.3 Å². The molecule has 0 saturated carbocycles. The van der Waals surface area contributed by atoms with Crippen LogP contribution in [0.5, 0.6) is 0 Å².